The number of carbonyl (C=O) groups is 2. The standard InChI is InChI=1S/C23H34O4/c1-14(2)16-8-9-18-17(12-16)19(27-15(3)24)13-20-22(18,4)10-7-11-23(20,5)21(25)26-6/h12,14,18,20H,7-11,13H2,1-6H3/t18-,20+,22+,23+/m0/s1. The van der Waals surface area contributed by atoms with Gasteiger partial charge in [-0.3, -0.25) is 9.59 Å². The van der Waals surface area contributed by atoms with E-state index in [1.54, 1.807) is 0 Å². The molecule has 0 amide bonds. The molecule has 3 aliphatic carbocycles. The fraction of sp³-hybridized carbons (Fsp3) is 0.739. The summed E-state index contributed by atoms with van der Waals surface area (Å²) in [5.41, 5.74) is 2.13. The van der Waals surface area contributed by atoms with E-state index in [4.69, 9.17) is 9.47 Å². The second-order valence-electron chi connectivity index (χ2n) is 9.46. The van der Waals surface area contributed by atoms with Gasteiger partial charge in [-0.1, -0.05) is 38.8 Å². The number of fused-ring (bicyclic) bond motifs is 3. The minimum absolute atomic E-state index is 0.0270. The Morgan fingerprint density at radius 1 is 1.22 bits per heavy atom. The summed E-state index contributed by atoms with van der Waals surface area (Å²) in [5.74, 6) is 1.33. The van der Waals surface area contributed by atoms with Gasteiger partial charge in [-0.2, -0.15) is 0 Å². The third kappa shape index (κ3) is 3.25. The molecule has 4 nitrogen and oxygen atoms in total. The molecule has 27 heavy (non-hydrogen) atoms. The highest BCUT2D eigenvalue weighted by Gasteiger charge is 2.59. The van der Waals surface area contributed by atoms with Crippen LogP contribution < -0.4 is 0 Å². The smallest absolute Gasteiger partial charge is 0.311 e. The maximum absolute atomic E-state index is 12.8. The Morgan fingerprint density at radius 3 is 2.52 bits per heavy atom. The molecule has 3 aliphatic rings. The zero-order valence-electron chi connectivity index (χ0n) is 17.7. The third-order valence-electron chi connectivity index (χ3n) is 7.58. The van der Waals surface area contributed by atoms with Gasteiger partial charge in [0.15, 0.2) is 0 Å². The lowest BCUT2D eigenvalue weighted by Crippen LogP contribution is -2.54. The van der Waals surface area contributed by atoms with Gasteiger partial charge in [-0.05, 0) is 61.3 Å². The largest absolute Gasteiger partial charge is 0.469 e. The number of methoxy groups -OCH3 is 1. The number of esters is 2. The van der Waals surface area contributed by atoms with Crippen molar-refractivity contribution >= 4 is 11.9 Å². The molecule has 0 radical (unpaired) electrons. The van der Waals surface area contributed by atoms with E-state index < -0.39 is 5.41 Å². The predicted molar refractivity (Wildman–Crippen MR) is 105 cm³/mol. The zero-order valence-corrected chi connectivity index (χ0v) is 17.7. The summed E-state index contributed by atoms with van der Waals surface area (Å²) in [7, 11) is 1.48. The van der Waals surface area contributed by atoms with Crippen LogP contribution in [-0.4, -0.2) is 19.0 Å². The molecule has 0 aromatic carbocycles. The van der Waals surface area contributed by atoms with E-state index in [1.165, 1.54) is 25.2 Å². The molecule has 1 fully saturated rings. The highest BCUT2D eigenvalue weighted by Crippen LogP contribution is 2.63. The summed E-state index contributed by atoms with van der Waals surface area (Å²) in [6, 6.07) is 0. The predicted octanol–water partition coefficient (Wildman–Crippen LogP) is 5.19. The molecular formula is C23H34O4. The summed E-state index contributed by atoms with van der Waals surface area (Å²) < 4.78 is 10.9. The first-order valence-corrected chi connectivity index (χ1v) is 10.3. The van der Waals surface area contributed by atoms with Crippen molar-refractivity contribution in [1.82, 2.24) is 0 Å². The Hall–Kier alpha value is -1.58. The molecule has 1 saturated carbocycles. The van der Waals surface area contributed by atoms with E-state index >= 15 is 0 Å². The van der Waals surface area contributed by atoms with Crippen molar-refractivity contribution in [1.29, 1.82) is 0 Å². The van der Waals surface area contributed by atoms with Crippen molar-refractivity contribution in [2.45, 2.75) is 73.1 Å². The average molecular weight is 375 g/mol. The van der Waals surface area contributed by atoms with Crippen LogP contribution in [0.15, 0.2) is 23.0 Å². The molecule has 0 saturated heterocycles. The van der Waals surface area contributed by atoms with Crippen LogP contribution in [0.5, 0.6) is 0 Å². The van der Waals surface area contributed by atoms with E-state index in [0.717, 1.165) is 37.9 Å². The first kappa shape index (κ1) is 20.2. The van der Waals surface area contributed by atoms with Gasteiger partial charge in [-0.25, -0.2) is 0 Å². The van der Waals surface area contributed by atoms with Crippen LogP contribution >= 0.6 is 0 Å². The van der Waals surface area contributed by atoms with Crippen LogP contribution in [0.25, 0.3) is 0 Å². The molecule has 4 heteroatoms. The topological polar surface area (TPSA) is 52.6 Å². The van der Waals surface area contributed by atoms with Crippen molar-refractivity contribution in [3.05, 3.63) is 23.0 Å². The van der Waals surface area contributed by atoms with E-state index in [-0.39, 0.29) is 23.3 Å². The lowest BCUT2D eigenvalue weighted by molar-refractivity contribution is -0.167. The van der Waals surface area contributed by atoms with E-state index in [0.29, 0.717) is 18.3 Å². The highest BCUT2D eigenvalue weighted by molar-refractivity contribution is 5.77. The molecule has 150 valence electrons. The molecule has 0 bridgehead atoms. The molecule has 0 unspecified atom stereocenters. The van der Waals surface area contributed by atoms with Crippen molar-refractivity contribution in [2.24, 2.45) is 28.6 Å². The second-order valence-corrected chi connectivity index (χ2v) is 9.46. The molecular weight excluding hydrogens is 340 g/mol. The first-order chi connectivity index (χ1) is 12.6. The zero-order chi connectivity index (χ0) is 20.0. The van der Waals surface area contributed by atoms with Crippen molar-refractivity contribution in [3.63, 3.8) is 0 Å². The Kier molecular flexibility index (Phi) is 5.31. The van der Waals surface area contributed by atoms with Crippen LogP contribution in [0.2, 0.25) is 0 Å². The average Bonchev–Trinajstić information content (AvgIpc) is 2.61. The van der Waals surface area contributed by atoms with Crippen LogP contribution in [0.3, 0.4) is 0 Å². The minimum Gasteiger partial charge on any atom is -0.469 e. The Morgan fingerprint density at radius 2 is 1.93 bits per heavy atom. The van der Waals surface area contributed by atoms with E-state index in [1.807, 2.05) is 0 Å². The quantitative estimate of drug-likeness (QED) is 0.638. The summed E-state index contributed by atoms with van der Waals surface area (Å²) in [6.07, 6.45) is 8.05. The fourth-order valence-electron chi connectivity index (χ4n) is 6.10. The summed E-state index contributed by atoms with van der Waals surface area (Å²) in [6.45, 7) is 10.3. The Balaban J connectivity index is 2.13. The summed E-state index contributed by atoms with van der Waals surface area (Å²) in [4.78, 5) is 24.6. The SMILES string of the molecule is COC(=O)[C@]1(C)CCC[C@@]2(C)[C@H]1CC(OC(C)=O)=C1C=C(C(C)C)CC[C@@H]12. The van der Waals surface area contributed by atoms with Crippen molar-refractivity contribution in [2.75, 3.05) is 7.11 Å². The second kappa shape index (κ2) is 7.10. The number of hydrogen-bond donors (Lipinski definition) is 0. The minimum atomic E-state index is -0.527. The van der Waals surface area contributed by atoms with Gasteiger partial charge >= 0.3 is 11.9 Å². The van der Waals surface area contributed by atoms with Crippen LogP contribution in [0.1, 0.15) is 73.1 Å². The fourth-order valence-corrected chi connectivity index (χ4v) is 6.10. The van der Waals surface area contributed by atoms with E-state index in [9.17, 15) is 9.59 Å². The van der Waals surface area contributed by atoms with Gasteiger partial charge in [-0.15, -0.1) is 0 Å². The Bertz CT molecular complexity index is 701. The molecule has 3 rings (SSSR count). The maximum Gasteiger partial charge on any atom is 0.311 e. The third-order valence-corrected chi connectivity index (χ3v) is 7.58. The van der Waals surface area contributed by atoms with Gasteiger partial charge in [0.1, 0.15) is 5.76 Å². The highest BCUT2D eigenvalue weighted by atomic mass is 16.5. The lowest BCUT2D eigenvalue weighted by Gasteiger charge is -2.57. The molecule has 0 aromatic rings. The van der Waals surface area contributed by atoms with Gasteiger partial charge in [0.05, 0.1) is 12.5 Å². The molecule has 0 aromatic heterocycles. The van der Waals surface area contributed by atoms with Gasteiger partial charge < -0.3 is 9.47 Å². The Labute approximate surface area is 163 Å². The summed E-state index contributed by atoms with van der Waals surface area (Å²) >= 11 is 0. The number of rotatable bonds is 3. The lowest BCUT2D eigenvalue weighted by atomic mass is 9.46. The number of carbonyl (C=O) groups excluding carboxylic acids is 2. The van der Waals surface area contributed by atoms with Crippen LogP contribution in [0, 0.1) is 28.6 Å². The van der Waals surface area contributed by atoms with Crippen LogP contribution in [0.4, 0.5) is 0 Å². The maximum atomic E-state index is 12.8. The van der Waals surface area contributed by atoms with Gasteiger partial charge in [0.2, 0.25) is 0 Å². The monoisotopic (exact) mass is 374 g/mol. The molecule has 0 aliphatic heterocycles. The van der Waals surface area contributed by atoms with Gasteiger partial charge in [0.25, 0.3) is 0 Å². The summed E-state index contributed by atoms with van der Waals surface area (Å²) in [5, 5.41) is 0. The van der Waals surface area contributed by atoms with E-state index in [2.05, 4.69) is 33.8 Å². The number of allylic oxidation sites excluding steroid dienone is 4. The molecule has 0 spiro atoms. The normalized spacial score (nSPS) is 35.9. The number of ether oxygens (including phenoxy) is 2. The molecule has 0 N–H and O–H groups in total. The first-order valence-electron chi connectivity index (χ1n) is 10.3. The molecule has 4 atom stereocenters. The van der Waals surface area contributed by atoms with Crippen molar-refractivity contribution < 1.29 is 19.1 Å². The van der Waals surface area contributed by atoms with Crippen molar-refractivity contribution in [3.8, 4) is 0 Å². The number of hydrogen-bond acceptors (Lipinski definition) is 4. The van der Waals surface area contributed by atoms with Crippen LogP contribution in [-0.2, 0) is 19.1 Å². The molecule has 0 heterocycles. The van der Waals surface area contributed by atoms with Gasteiger partial charge in [0, 0.05) is 13.3 Å².